The van der Waals surface area contributed by atoms with Crippen molar-refractivity contribution >= 4 is 21.9 Å². The van der Waals surface area contributed by atoms with E-state index in [4.69, 9.17) is 9.47 Å². The lowest BCUT2D eigenvalue weighted by atomic mass is 10.2. The average molecular weight is 481 g/mol. The maximum absolute atomic E-state index is 14.2. The minimum absolute atomic E-state index is 0.0134. The van der Waals surface area contributed by atoms with Gasteiger partial charge in [0.2, 0.25) is 5.95 Å². The molecule has 0 N–H and O–H groups in total. The van der Waals surface area contributed by atoms with Crippen molar-refractivity contribution in [2.24, 2.45) is 0 Å². The van der Waals surface area contributed by atoms with E-state index in [1.54, 1.807) is 4.90 Å². The number of ether oxygens (including phenoxy) is 2. The fraction of sp³-hybridized carbons (Fsp3) is 0.500. The number of hydrogen-bond donors (Lipinski definition) is 0. The molecule has 2 aromatic rings. The van der Waals surface area contributed by atoms with Gasteiger partial charge in [0.25, 0.3) is 0 Å². The summed E-state index contributed by atoms with van der Waals surface area (Å²) >= 11 is 0. The van der Waals surface area contributed by atoms with Crippen LogP contribution in [0.2, 0.25) is 0 Å². The van der Waals surface area contributed by atoms with Gasteiger partial charge in [-0.1, -0.05) is 6.07 Å². The van der Waals surface area contributed by atoms with Crippen molar-refractivity contribution in [1.29, 1.82) is 0 Å². The van der Waals surface area contributed by atoms with Gasteiger partial charge < -0.3 is 19.3 Å². The van der Waals surface area contributed by atoms with Crippen LogP contribution in [0.25, 0.3) is 0 Å². The van der Waals surface area contributed by atoms with Crippen LogP contribution in [0.1, 0.15) is 33.3 Å². The number of rotatable bonds is 5. The zero-order valence-corrected chi connectivity index (χ0v) is 20.2. The van der Waals surface area contributed by atoms with Crippen molar-refractivity contribution in [2.45, 2.75) is 50.8 Å². The molecular formula is C22H29FN4O5S. The van der Waals surface area contributed by atoms with Crippen LogP contribution in [-0.4, -0.2) is 66.9 Å². The summed E-state index contributed by atoms with van der Waals surface area (Å²) in [5.41, 5.74) is -0.326. The number of piperazine rings is 1. The summed E-state index contributed by atoms with van der Waals surface area (Å²) < 4.78 is 48.2. The quantitative estimate of drug-likeness (QED) is 0.644. The SMILES string of the molecule is CC1CN(C(=O)OC(C)(C)C)CCN1c1ncc(OCc2ccc(S(C)(=O)=O)cc2F)cn1. The van der Waals surface area contributed by atoms with Gasteiger partial charge in [0.15, 0.2) is 15.6 Å². The highest BCUT2D eigenvalue weighted by atomic mass is 32.2. The van der Waals surface area contributed by atoms with Gasteiger partial charge in [-0.05, 0) is 39.8 Å². The molecule has 0 saturated carbocycles. The monoisotopic (exact) mass is 480 g/mol. The van der Waals surface area contributed by atoms with Gasteiger partial charge >= 0.3 is 6.09 Å². The molecule has 1 saturated heterocycles. The summed E-state index contributed by atoms with van der Waals surface area (Å²) in [6.07, 6.45) is 3.68. The molecule has 0 aliphatic carbocycles. The maximum Gasteiger partial charge on any atom is 0.410 e. The highest BCUT2D eigenvalue weighted by Crippen LogP contribution is 2.21. The molecule has 1 aliphatic heterocycles. The van der Waals surface area contributed by atoms with E-state index in [0.29, 0.717) is 31.3 Å². The van der Waals surface area contributed by atoms with E-state index < -0.39 is 21.3 Å². The standard InChI is InChI=1S/C22H29FN4O5S/c1-15-13-26(21(28)32-22(2,3)4)8-9-27(15)20-24-11-17(12-25-20)31-14-16-6-7-18(10-19(16)23)33(5,29)30/h6-7,10-12,15H,8-9,13-14H2,1-5H3. The van der Waals surface area contributed by atoms with E-state index in [9.17, 15) is 17.6 Å². The van der Waals surface area contributed by atoms with Gasteiger partial charge in [0.05, 0.1) is 17.3 Å². The van der Waals surface area contributed by atoms with E-state index >= 15 is 0 Å². The smallest absolute Gasteiger partial charge is 0.410 e. The van der Waals surface area contributed by atoms with Crippen molar-refractivity contribution in [3.05, 3.63) is 42.0 Å². The zero-order valence-electron chi connectivity index (χ0n) is 19.4. The fourth-order valence-corrected chi connectivity index (χ4v) is 3.95. The van der Waals surface area contributed by atoms with Gasteiger partial charge in [0, 0.05) is 37.5 Å². The Morgan fingerprint density at radius 3 is 2.42 bits per heavy atom. The topological polar surface area (TPSA) is 102 Å². The number of carbonyl (C=O) groups excluding carboxylic acids is 1. The molecule has 2 heterocycles. The van der Waals surface area contributed by atoms with Crippen LogP contribution in [0.15, 0.2) is 35.5 Å². The Hall–Kier alpha value is -2.95. The summed E-state index contributed by atoms with van der Waals surface area (Å²) in [6.45, 7) is 8.92. The first-order valence-electron chi connectivity index (χ1n) is 10.5. The van der Waals surface area contributed by atoms with E-state index in [-0.39, 0.29) is 29.2 Å². The lowest BCUT2D eigenvalue weighted by Gasteiger charge is -2.40. The predicted octanol–water partition coefficient (Wildman–Crippen LogP) is 3.04. The number of anilines is 1. The minimum atomic E-state index is -3.48. The van der Waals surface area contributed by atoms with Crippen LogP contribution in [0.5, 0.6) is 5.75 Å². The first-order chi connectivity index (χ1) is 15.3. The number of aromatic nitrogens is 2. The van der Waals surface area contributed by atoms with Crippen LogP contribution in [0, 0.1) is 5.82 Å². The maximum atomic E-state index is 14.2. The second-order valence-corrected chi connectivity index (χ2v) is 11.0. The van der Waals surface area contributed by atoms with Crippen molar-refractivity contribution in [1.82, 2.24) is 14.9 Å². The van der Waals surface area contributed by atoms with Crippen LogP contribution >= 0.6 is 0 Å². The molecule has 0 bridgehead atoms. The molecule has 33 heavy (non-hydrogen) atoms. The lowest BCUT2D eigenvalue weighted by molar-refractivity contribution is 0.0218. The molecule has 9 nitrogen and oxygen atoms in total. The van der Waals surface area contributed by atoms with Gasteiger partial charge in [-0.25, -0.2) is 27.6 Å². The fourth-order valence-electron chi connectivity index (χ4n) is 3.32. The predicted molar refractivity (Wildman–Crippen MR) is 120 cm³/mol. The Kier molecular flexibility index (Phi) is 7.11. The highest BCUT2D eigenvalue weighted by molar-refractivity contribution is 7.90. The molecule has 1 fully saturated rings. The second-order valence-electron chi connectivity index (χ2n) is 9.00. The third kappa shape index (κ3) is 6.53. The zero-order chi connectivity index (χ0) is 24.4. The molecule has 1 aromatic carbocycles. The molecule has 0 radical (unpaired) electrons. The van der Waals surface area contributed by atoms with Crippen LogP contribution in [0.4, 0.5) is 15.1 Å². The Morgan fingerprint density at radius 1 is 1.21 bits per heavy atom. The molecular weight excluding hydrogens is 451 g/mol. The summed E-state index contributed by atoms with van der Waals surface area (Å²) in [4.78, 5) is 24.6. The molecule has 180 valence electrons. The molecule has 3 rings (SSSR count). The summed E-state index contributed by atoms with van der Waals surface area (Å²) in [5.74, 6) is 0.194. The normalized spacial score (nSPS) is 17.1. The summed E-state index contributed by atoms with van der Waals surface area (Å²) in [7, 11) is -3.48. The van der Waals surface area contributed by atoms with Crippen LogP contribution < -0.4 is 9.64 Å². The average Bonchev–Trinajstić information content (AvgIpc) is 2.71. The van der Waals surface area contributed by atoms with Gasteiger partial charge in [-0.2, -0.15) is 0 Å². The first kappa shape index (κ1) is 24.7. The highest BCUT2D eigenvalue weighted by Gasteiger charge is 2.30. The number of carbonyl (C=O) groups is 1. The van der Waals surface area contributed by atoms with E-state index in [2.05, 4.69) is 9.97 Å². The second kappa shape index (κ2) is 9.50. The number of sulfone groups is 1. The van der Waals surface area contributed by atoms with Gasteiger partial charge in [0.1, 0.15) is 18.0 Å². The number of amides is 1. The van der Waals surface area contributed by atoms with E-state index in [1.807, 2.05) is 32.6 Å². The number of halogens is 1. The molecule has 1 aromatic heterocycles. The summed E-state index contributed by atoms with van der Waals surface area (Å²) in [6, 6.07) is 3.69. The molecule has 0 spiro atoms. The third-order valence-electron chi connectivity index (χ3n) is 5.00. The van der Waals surface area contributed by atoms with Crippen LogP contribution in [0.3, 0.4) is 0 Å². The van der Waals surface area contributed by atoms with Crippen molar-refractivity contribution in [3.63, 3.8) is 0 Å². The Bertz CT molecular complexity index is 1100. The Morgan fingerprint density at radius 2 is 1.88 bits per heavy atom. The first-order valence-corrected chi connectivity index (χ1v) is 12.4. The molecule has 1 unspecified atom stereocenters. The van der Waals surface area contributed by atoms with Crippen LogP contribution in [-0.2, 0) is 21.2 Å². The Balaban J connectivity index is 1.58. The molecule has 1 amide bonds. The van der Waals surface area contributed by atoms with Crippen molar-refractivity contribution in [2.75, 3.05) is 30.8 Å². The molecule has 1 aliphatic rings. The lowest BCUT2D eigenvalue weighted by Crippen LogP contribution is -2.55. The number of benzene rings is 1. The van der Waals surface area contributed by atoms with E-state index in [1.165, 1.54) is 24.5 Å². The van der Waals surface area contributed by atoms with Crippen molar-refractivity contribution in [3.8, 4) is 5.75 Å². The third-order valence-corrected chi connectivity index (χ3v) is 6.11. The minimum Gasteiger partial charge on any atom is -0.486 e. The largest absolute Gasteiger partial charge is 0.486 e. The summed E-state index contributed by atoms with van der Waals surface area (Å²) in [5, 5.41) is 0. The van der Waals surface area contributed by atoms with E-state index in [0.717, 1.165) is 12.3 Å². The number of hydrogen-bond acceptors (Lipinski definition) is 8. The van der Waals surface area contributed by atoms with Gasteiger partial charge in [-0.15, -0.1) is 0 Å². The molecule has 1 atom stereocenters. The number of nitrogens with zero attached hydrogens (tertiary/aromatic N) is 4. The Labute approximate surface area is 193 Å². The van der Waals surface area contributed by atoms with Crippen molar-refractivity contribution < 1.29 is 27.1 Å². The molecule has 11 heteroatoms. The van der Waals surface area contributed by atoms with Gasteiger partial charge in [-0.3, -0.25) is 0 Å².